The fraction of sp³-hybridized carbons (Fsp3) is 0.846. The molecule has 110 valence electrons. The van der Waals surface area contributed by atoms with Crippen LogP contribution in [0.1, 0.15) is 27.2 Å². The minimum Gasteiger partial charge on any atom is -0.480 e. The number of carboxylic acids is 1. The molecule has 2 atom stereocenters. The Labute approximate surface area is 114 Å². The van der Waals surface area contributed by atoms with Crippen LogP contribution in [0.2, 0.25) is 0 Å². The van der Waals surface area contributed by atoms with Gasteiger partial charge in [0.05, 0.1) is 0 Å². The third kappa shape index (κ3) is 4.70. The molecule has 1 aliphatic heterocycles. The summed E-state index contributed by atoms with van der Waals surface area (Å²) >= 11 is 0. The van der Waals surface area contributed by atoms with E-state index in [2.05, 4.69) is 17.1 Å². The first-order valence-corrected chi connectivity index (χ1v) is 6.79. The lowest BCUT2D eigenvalue weighted by molar-refractivity contribution is -0.139. The first-order chi connectivity index (χ1) is 8.81. The summed E-state index contributed by atoms with van der Waals surface area (Å²) < 4.78 is 0. The lowest BCUT2D eigenvalue weighted by Gasteiger charge is -2.38. The van der Waals surface area contributed by atoms with Crippen LogP contribution < -0.4 is 5.32 Å². The van der Waals surface area contributed by atoms with Crippen molar-refractivity contribution in [1.29, 1.82) is 0 Å². The van der Waals surface area contributed by atoms with E-state index in [0.29, 0.717) is 25.6 Å². The zero-order valence-electron chi connectivity index (χ0n) is 12.2. The highest BCUT2D eigenvalue weighted by Gasteiger charge is 2.28. The Morgan fingerprint density at radius 3 is 2.47 bits per heavy atom. The summed E-state index contributed by atoms with van der Waals surface area (Å²) in [4.78, 5) is 27.1. The Hall–Kier alpha value is -1.30. The van der Waals surface area contributed by atoms with Crippen LogP contribution in [0.25, 0.3) is 0 Å². The van der Waals surface area contributed by atoms with E-state index in [9.17, 15) is 9.59 Å². The van der Waals surface area contributed by atoms with Crippen molar-refractivity contribution in [2.75, 3.05) is 26.7 Å². The van der Waals surface area contributed by atoms with Gasteiger partial charge in [-0.05, 0) is 26.3 Å². The zero-order chi connectivity index (χ0) is 14.6. The number of hydrogen-bond donors (Lipinski definition) is 2. The van der Waals surface area contributed by atoms with E-state index in [0.717, 1.165) is 6.54 Å². The molecular formula is C13H25N3O3. The van der Waals surface area contributed by atoms with Gasteiger partial charge in [0.2, 0.25) is 0 Å². The van der Waals surface area contributed by atoms with Gasteiger partial charge in [-0.1, -0.05) is 13.8 Å². The molecule has 0 aromatic rings. The maximum atomic E-state index is 12.1. The molecule has 2 N–H and O–H groups in total. The van der Waals surface area contributed by atoms with Gasteiger partial charge in [0, 0.05) is 25.7 Å². The molecule has 0 spiro atoms. The molecule has 1 aliphatic rings. The van der Waals surface area contributed by atoms with E-state index >= 15 is 0 Å². The quantitative estimate of drug-likeness (QED) is 0.794. The number of piperazine rings is 1. The van der Waals surface area contributed by atoms with E-state index in [1.807, 2.05) is 20.9 Å². The number of urea groups is 1. The van der Waals surface area contributed by atoms with Gasteiger partial charge in [-0.2, -0.15) is 0 Å². The summed E-state index contributed by atoms with van der Waals surface area (Å²) in [6.45, 7) is 8.04. The number of nitrogens with zero attached hydrogens (tertiary/aromatic N) is 2. The van der Waals surface area contributed by atoms with Gasteiger partial charge in [-0.25, -0.2) is 9.59 Å². The van der Waals surface area contributed by atoms with Crippen molar-refractivity contribution in [3.8, 4) is 0 Å². The van der Waals surface area contributed by atoms with Crippen molar-refractivity contribution in [1.82, 2.24) is 15.1 Å². The van der Waals surface area contributed by atoms with Crippen LogP contribution in [0.5, 0.6) is 0 Å². The van der Waals surface area contributed by atoms with Gasteiger partial charge < -0.3 is 20.2 Å². The average molecular weight is 271 g/mol. The largest absolute Gasteiger partial charge is 0.480 e. The topological polar surface area (TPSA) is 72.9 Å². The highest BCUT2D eigenvalue weighted by atomic mass is 16.4. The van der Waals surface area contributed by atoms with E-state index in [-0.39, 0.29) is 11.9 Å². The van der Waals surface area contributed by atoms with Crippen molar-refractivity contribution >= 4 is 12.0 Å². The number of carbonyl (C=O) groups is 2. The third-order valence-electron chi connectivity index (χ3n) is 3.55. The predicted molar refractivity (Wildman–Crippen MR) is 73.1 cm³/mol. The summed E-state index contributed by atoms with van der Waals surface area (Å²) in [6.07, 6.45) is 0.449. The van der Waals surface area contributed by atoms with Gasteiger partial charge in [-0.3, -0.25) is 0 Å². The SMILES string of the molecule is CC(C)CC(NC(=O)N1CCN(C)C(C)C1)C(=O)O. The second-order valence-corrected chi connectivity index (χ2v) is 5.75. The number of amides is 2. The second-order valence-electron chi connectivity index (χ2n) is 5.75. The fourth-order valence-corrected chi connectivity index (χ4v) is 2.17. The van der Waals surface area contributed by atoms with Crippen LogP contribution in [-0.2, 0) is 4.79 Å². The third-order valence-corrected chi connectivity index (χ3v) is 3.55. The Morgan fingerprint density at radius 2 is 2.00 bits per heavy atom. The van der Waals surface area contributed by atoms with Gasteiger partial charge in [0.1, 0.15) is 6.04 Å². The molecule has 1 fully saturated rings. The fourth-order valence-electron chi connectivity index (χ4n) is 2.17. The molecule has 0 bridgehead atoms. The predicted octanol–water partition coefficient (Wildman–Crippen LogP) is 0.831. The van der Waals surface area contributed by atoms with Crippen LogP contribution in [-0.4, -0.2) is 65.7 Å². The lowest BCUT2D eigenvalue weighted by Crippen LogP contribution is -2.56. The molecular weight excluding hydrogens is 246 g/mol. The van der Waals surface area contributed by atoms with Crippen LogP contribution in [0.3, 0.4) is 0 Å². The van der Waals surface area contributed by atoms with Crippen LogP contribution in [0.4, 0.5) is 4.79 Å². The smallest absolute Gasteiger partial charge is 0.326 e. The summed E-state index contributed by atoms with van der Waals surface area (Å²) in [5.41, 5.74) is 0. The minimum atomic E-state index is -0.968. The number of hydrogen-bond acceptors (Lipinski definition) is 3. The minimum absolute atomic E-state index is 0.229. The van der Waals surface area contributed by atoms with Gasteiger partial charge >= 0.3 is 12.0 Å². The summed E-state index contributed by atoms with van der Waals surface area (Å²) in [5.74, 6) is -0.739. The van der Waals surface area contributed by atoms with Gasteiger partial charge in [-0.15, -0.1) is 0 Å². The molecule has 6 nitrogen and oxygen atoms in total. The molecule has 0 aromatic heterocycles. The zero-order valence-corrected chi connectivity index (χ0v) is 12.2. The summed E-state index contributed by atoms with van der Waals surface area (Å²) in [6, 6.07) is -0.775. The maximum Gasteiger partial charge on any atom is 0.326 e. The van der Waals surface area contributed by atoms with Crippen LogP contribution in [0, 0.1) is 5.92 Å². The van der Waals surface area contributed by atoms with Crippen molar-refractivity contribution in [2.45, 2.75) is 39.3 Å². The highest BCUT2D eigenvalue weighted by Crippen LogP contribution is 2.09. The molecule has 0 aliphatic carbocycles. The first kappa shape index (κ1) is 15.8. The molecule has 2 amide bonds. The monoisotopic (exact) mass is 271 g/mol. The number of carboxylic acid groups (broad SMARTS) is 1. The molecule has 1 heterocycles. The van der Waals surface area contributed by atoms with E-state index in [1.54, 1.807) is 4.90 Å². The van der Waals surface area contributed by atoms with Gasteiger partial charge in [0.25, 0.3) is 0 Å². The average Bonchev–Trinajstić information content (AvgIpc) is 2.31. The molecule has 2 unspecified atom stereocenters. The Kier molecular flexibility index (Phi) is 5.60. The molecule has 1 saturated heterocycles. The van der Waals surface area contributed by atoms with Crippen LogP contribution in [0.15, 0.2) is 0 Å². The Balaban J connectivity index is 2.55. The van der Waals surface area contributed by atoms with E-state index in [4.69, 9.17) is 5.11 Å². The lowest BCUT2D eigenvalue weighted by atomic mass is 10.0. The second kappa shape index (κ2) is 6.75. The highest BCUT2D eigenvalue weighted by molar-refractivity contribution is 5.82. The standard InChI is InChI=1S/C13H25N3O3/c1-9(2)7-11(12(17)18)14-13(19)16-6-5-15(4)10(3)8-16/h9-11H,5-8H2,1-4H3,(H,14,19)(H,17,18). The normalized spacial score (nSPS) is 22.4. The molecule has 0 aromatic carbocycles. The van der Waals surface area contributed by atoms with Crippen molar-refractivity contribution in [2.24, 2.45) is 5.92 Å². The van der Waals surface area contributed by atoms with E-state index < -0.39 is 12.0 Å². The molecule has 19 heavy (non-hydrogen) atoms. The number of carbonyl (C=O) groups excluding carboxylic acids is 1. The van der Waals surface area contributed by atoms with Crippen molar-refractivity contribution in [3.05, 3.63) is 0 Å². The number of rotatable bonds is 4. The first-order valence-electron chi connectivity index (χ1n) is 6.79. The molecule has 0 saturated carbocycles. The Bertz CT molecular complexity index is 333. The molecule has 0 radical (unpaired) electrons. The van der Waals surface area contributed by atoms with Crippen molar-refractivity contribution < 1.29 is 14.7 Å². The number of nitrogens with one attached hydrogen (secondary N) is 1. The summed E-state index contributed by atoms with van der Waals surface area (Å²) in [5, 5.41) is 11.7. The van der Waals surface area contributed by atoms with Gasteiger partial charge in [0.15, 0.2) is 0 Å². The maximum absolute atomic E-state index is 12.1. The number of likely N-dealkylation sites (N-methyl/N-ethyl adjacent to an activating group) is 1. The molecule has 6 heteroatoms. The summed E-state index contributed by atoms with van der Waals surface area (Å²) in [7, 11) is 2.03. The van der Waals surface area contributed by atoms with E-state index in [1.165, 1.54) is 0 Å². The number of aliphatic carboxylic acids is 1. The Morgan fingerprint density at radius 1 is 1.37 bits per heavy atom. The van der Waals surface area contributed by atoms with Crippen molar-refractivity contribution in [3.63, 3.8) is 0 Å². The van der Waals surface area contributed by atoms with Crippen LogP contribution >= 0.6 is 0 Å². The molecule has 1 rings (SSSR count).